The largest absolute Gasteiger partial charge is 0.494 e. The summed E-state index contributed by atoms with van der Waals surface area (Å²) in [5.74, 6) is -0.336. The maximum atomic E-state index is 13.0. The van der Waals surface area contributed by atoms with Crippen LogP contribution in [-0.4, -0.2) is 45.0 Å². The van der Waals surface area contributed by atoms with Crippen LogP contribution < -0.4 is 10.1 Å². The summed E-state index contributed by atoms with van der Waals surface area (Å²) in [6, 6.07) is 4.88. The molecule has 1 rings (SSSR count). The minimum absolute atomic E-state index is 0.148. The molecule has 27 heavy (non-hydrogen) atoms. The Kier molecular flexibility index (Phi) is 9.95. The van der Waals surface area contributed by atoms with E-state index >= 15 is 0 Å². The molecule has 1 amide bonds. The lowest BCUT2D eigenvalue weighted by Crippen LogP contribution is -2.44. The molecule has 7 nitrogen and oxygen atoms in total. The summed E-state index contributed by atoms with van der Waals surface area (Å²) in [5.41, 5.74) is 0.802. The number of hydrogen-bond acceptors (Lipinski definition) is 6. The number of benzene rings is 1. The van der Waals surface area contributed by atoms with Gasteiger partial charge >= 0.3 is 10.5 Å². The minimum Gasteiger partial charge on any atom is -0.494 e. The number of thiocarbonyl (C=S) groups is 1. The normalized spacial score (nSPS) is 11.4. The second kappa shape index (κ2) is 11.7. The molecule has 1 unspecified atom stereocenters. The third-order valence-electron chi connectivity index (χ3n) is 4.21. The zero-order valence-corrected chi connectivity index (χ0v) is 17.8. The minimum atomic E-state index is -2.62. The molecule has 0 aliphatic rings. The van der Waals surface area contributed by atoms with E-state index in [0.29, 0.717) is 23.0 Å². The van der Waals surface area contributed by atoms with Crippen LogP contribution in [0.2, 0.25) is 0 Å². The lowest BCUT2D eigenvalue weighted by atomic mass is 9.98. The van der Waals surface area contributed by atoms with Crippen LogP contribution in [0, 0.1) is 0 Å². The van der Waals surface area contributed by atoms with Gasteiger partial charge in [0.2, 0.25) is 5.91 Å². The van der Waals surface area contributed by atoms with Crippen molar-refractivity contribution in [1.29, 1.82) is 0 Å². The van der Waals surface area contributed by atoms with E-state index in [0.717, 1.165) is 25.7 Å². The zero-order valence-electron chi connectivity index (χ0n) is 16.2. The molecule has 0 aliphatic carbocycles. The van der Waals surface area contributed by atoms with Gasteiger partial charge in [-0.1, -0.05) is 32.3 Å². The van der Waals surface area contributed by atoms with E-state index in [2.05, 4.69) is 16.6 Å². The van der Waals surface area contributed by atoms with Crippen molar-refractivity contribution in [1.82, 2.24) is 10.2 Å². The van der Waals surface area contributed by atoms with Crippen LogP contribution >= 0.6 is 12.2 Å². The van der Waals surface area contributed by atoms with Crippen molar-refractivity contribution in [3.63, 3.8) is 0 Å². The van der Waals surface area contributed by atoms with E-state index in [9.17, 15) is 13.2 Å². The molecule has 0 saturated carbocycles. The molecule has 1 aromatic carbocycles. The van der Waals surface area contributed by atoms with Crippen molar-refractivity contribution >= 4 is 39.4 Å². The zero-order chi connectivity index (χ0) is 20.4. The molecule has 0 aliphatic heterocycles. The number of amides is 1. The Morgan fingerprint density at radius 2 is 2.04 bits per heavy atom. The lowest BCUT2D eigenvalue weighted by molar-refractivity contribution is -0.128. The molecule has 9 heteroatoms. The third-order valence-corrected chi connectivity index (χ3v) is 4.98. The molecule has 0 heterocycles. The topological polar surface area (TPSA) is 88.1 Å². The molecule has 0 bridgehead atoms. The summed E-state index contributed by atoms with van der Waals surface area (Å²) in [6.07, 6.45) is 4.12. The van der Waals surface area contributed by atoms with Gasteiger partial charge in [-0.3, -0.25) is 9.69 Å². The predicted octanol–water partition coefficient (Wildman–Crippen LogP) is 3.41. The number of carbonyl (C=O) groups excluding carboxylic acids is 1. The van der Waals surface area contributed by atoms with E-state index in [1.807, 2.05) is 0 Å². The van der Waals surface area contributed by atoms with E-state index in [1.54, 1.807) is 37.1 Å². The Bertz CT molecular complexity index is 786. The second-order valence-electron chi connectivity index (χ2n) is 6.07. The fourth-order valence-electron chi connectivity index (χ4n) is 2.65. The molecule has 0 spiro atoms. The average Bonchev–Trinajstić information content (AvgIpc) is 2.66. The van der Waals surface area contributed by atoms with Gasteiger partial charge in [-0.25, -0.2) is 0 Å². The van der Waals surface area contributed by atoms with Crippen molar-refractivity contribution in [3.8, 4) is 5.75 Å². The molecular formula is C18H27N3O4S2. The first-order valence-electron chi connectivity index (χ1n) is 8.87. The quantitative estimate of drug-likeness (QED) is 0.493. The highest BCUT2D eigenvalue weighted by Gasteiger charge is 2.25. The Balaban J connectivity index is 3.08. The van der Waals surface area contributed by atoms with Gasteiger partial charge in [0.05, 0.1) is 13.0 Å². The third kappa shape index (κ3) is 6.91. The van der Waals surface area contributed by atoms with Gasteiger partial charge in [-0.05, 0) is 43.3 Å². The summed E-state index contributed by atoms with van der Waals surface area (Å²) < 4.78 is 30.5. The van der Waals surface area contributed by atoms with Gasteiger partial charge in [-0.15, -0.1) is 4.36 Å². The average molecular weight is 414 g/mol. The van der Waals surface area contributed by atoms with Gasteiger partial charge in [0.15, 0.2) is 5.11 Å². The van der Waals surface area contributed by atoms with Gasteiger partial charge in [-0.2, -0.15) is 8.42 Å². The number of carbonyl (C=O) groups is 1. The van der Waals surface area contributed by atoms with Gasteiger partial charge in [0, 0.05) is 13.6 Å². The molecular weight excluding hydrogens is 386 g/mol. The first-order chi connectivity index (χ1) is 12.8. The van der Waals surface area contributed by atoms with Crippen LogP contribution in [0.15, 0.2) is 22.6 Å². The highest BCUT2D eigenvalue weighted by Crippen LogP contribution is 2.31. The highest BCUT2D eigenvalue weighted by atomic mass is 32.2. The molecule has 1 N–H and O–H groups in total. The number of nitrogens with zero attached hydrogens (tertiary/aromatic N) is 2. The smallest absolute Gasteiger partial charge is 0.316 e. The second-order valence-corrected chi connectivity index (χ2v) is 7.07. The number of methoxy groups -OCH3 is 1. The maximum absolute atomic E-state index is 13.0. The molecule has 1 atom stereocenters. The van der Waals surface area contributed by atoms with Crippen molar-refractivity contribution < 1.29 is 17.9 Å². The molecule has 0 aromatic heterocycles. The summed E-state index contributed by atoms with van der Waals surface area (Å²) in [7, 11) is 0.502. The Morgan fingerprint density at radius 3 is 2.59 bits per heavy atom. The maximum Gasteiger partial charge on any atom is 0.316 e. The summed E-state index contributed by atoms with van der Waals surface area (Å²) >= 11 is 5.30. The number of rotatable bonds is 9. The van der Waals surface area contributed by atoms with Gasteiger partial charge in [0.25, 0.3) is 0 Å². The van der Waals surface area contributed by atoms with Gasteiger partial charge < -0.3 is 10.1 Å². The van der Waals surface area contributed by atoms with Crippen LogP contribution in [0.25, 0.3) is 0 Å². The van der Waals surface area contributed by atoms with Crippen molar-refractivity contribution in [2.24, 2.45) is 4.36 Å². The van der Waals surface area contributed by atoms with Crippen molar-refractivity contribution in [3.05, 3.63) is 23.8 Å². The van der Waals surface area contributed by atoms with Crippen LogP contribution in [0.5, 0.6) is 5.75 Å². The van der Waals surface area contributed by atoms with Crippen molar-refractivity contribution in [2.45, 2.75) is 45.4 Å². The SMILES string of the molecule is CCCCCCN(C(=O)C(C)c1ccc(OC)c(N=S(=O)=O)c1)C(=S)NC. The standard InChI is InChI=1S/C18H27N3O4S2/c1-5-6-7-8-11-21(18(26)19-3)17(22)13(2)14-9-10-16(25-4)15(12-14)20-27(23)24/h9-10,12-13H,5-8,11H2,1-4H3,(H,19,26). The van der Waals surface area contributed by atoms with Crippen LogP contribution in [-0.2, 0) is 15.3 Å². The number of unbranched alkanes of at least 4 members (excludes halogenated alkanes) is 3. The molecule has 150 valence electrons. The van der Waals surface area contributed by atoms with Crippen molar-refractivity contribution in [2.75, 3.05) is 20.7 Å². The Morgan fingerprint density at radius 1 is 1.33 bits per heavy atom. The lowest BCUT2D eigenvalue weighted by Gasteiger charge is -2.26. The van der Waals surface area contributed by atoms with E-state index in [4.69, 9.17) is 17.0 Å². The molecule has 0 saturated heterocycles. The van der Waals surface area contributed by atoms with Gasteiger partial charge in [0.1, 0.15) is 11.4 Å². The Hall–Kier alpha value is -2.00. The van der Waals surface area contributed by atoms with Crippen LogP contribution in [0.4, 0.5) is 5.69 Å². The van der Waals surface area contributed by atoms with E-state index < -0.39 is 16.4 Å². The molecule has 1 aromatic rings. The fraction of sp³-hybridized carbons (Fsp3) is 0.556. The molecule has 0 fully saturated rings. The Labute approximate surface area is 167 Å². The highest BCUT2D eigenvalue weighted by molar-refractivity contribution is 7.80. The number of hydrogen-bond donors (Lipinski definition) is 1. The number of ether oxygens (including phenoxy) is 1. The van der Waals surface area contributed by atoms with E-state index in [-0.39, 0.29) is 11.6 Å². The summed E-state index contributed by atoms with van der Waals surface area (Å²) in [6.45, 7) is 4.44. The number of nitrogens with one attached hydrogen (secondary N) is 1. The summed E-state index contributed by atoms with van der Waals surface area (Å²) in [4.78, 5) is 14.6. The molecule has 0 radical (unpaired) electrons. The van der Waals surface area contributed by atoms with E-state index in [1.165, 1.54) is 7.11 Å². The predicted molar refractivity (Wildman–Crippen MR) is 110 cm³/mol. The first-order valence-corrected chi connectivity index (χ1v) is 10.3. The van der Waals surface area contributed by atoms with Crippen LogP contribution in [0.1, 0.15) is 51.0 Å². The monoisotopic (exact) mass is 413 g/mol. The first kappa shape index (κ1) is 23.0. The summed E-state index contributed by atoms with van der Waals surface area (Å²) in [5, 5.41) is 3.24. The fourth-order valence-corrected chi connectivity index (χ4v) is 3.13. The van der Waals surface area contributed by atoms with Crippen LogP contribution in [0.3, 0.4) is 0 Å².